The molecular formula is C13H14N2O4S. The third kappa shape index (κ3) is 3.67. The van der Waals surface area contributed by atoms with Crippen LogP contribution >= 0.6 is 0 Å². The highest BCUT2D eigenvalue weighted by Crippen LogP contribution is 2.12. The number of anilines is 1. The molecule has 1 atom stereocenters. The molecule has 1 heterocycles. The van der Waals surface area contributed by atoms with E-state index >= 15 is 0 Å². The Labute approximate surface area is 116 Å². The zero-order valence-electron chi connectivity index (χ0n) is 10.8. The number of carbonyl (C=O) groups is 2. The lowest BCUT2D eigenvalue weighted by Crippen LogP contribution is -2.38. The zero-order chi connectivity index (χ0) is 14.8. The van der Waals surface area contributed by atoms with Gasteiger partial charge in [-0.25, -0.2) is 13.2 Å². The van der Waals surface area contributed by atoms with E-state index < -0.39 is 21.9 Å². The number of nitrogens with one attached hydrogen (secondary N) is 2. The summed E-state index contributed by atoms with van der Waals surface area (Å²) >= 11 is 0. The van der Waals surface area contributed by atoms with Crippen LogP contribution in [0.4, 0.5) is 10.5 Å². The number of carbonyl (C=O) groups excluding carboxylic acids is 2. The maximum atomic E-state index is 11.7. The number of amides is 2. The Balaban J connectivity index is 1.97. The number of Topliss-reactive ketones (excluding diaryl/α,β-unsaturated/α-hetero) is 1. The molecule has 0 fully saturated rings. The van der Waals surface area contributed by atoms with Gasteiger partial charge in [-0.15, -0.1) is 0 Å². The van der Waals surface area contributed by atoms with Crippen LogP contribution in [0.5, 0.6) is 0 Å². The van der Waals surface area contributed by atoms with Crippen LogP contribution in [0.2, 0.25) is 0 Å². The fourth-order valence-corrected chi connectivity index (χ4v) is 3.05. The summed E-state index contributed by atoms with van der Waals surface area (Å²) in [5, 5.41) is 6.18. The molecule has 1 aliphatic rings. The number of hydrogen-bond acceptors (Lipinski definition) is 4. The van der Waals surface area contributed by atoms with E-state index in [0.717, 1.165) is 5.41 Å². The Morgan fingerprint density at radius 3 is 2.65 bits per heavy atom. The number of urea groups is 1. The van der Waals surface area contributed by atoms with Gasteiger partial charge in [0.1, 0.15) is 0 Å². The first-order valence-electron chi connectivity index (χ1n) is 5.95. The molecule has 2 amide bonds. The first-order chi connectivity index (χ1) is 9.35. The predicted molar refractivity (Wildman–Crippen MR) is 75.3 cm³/mol. The average molecular weight is 294 g/mol. The summed E-state index contributed by atoms with van der Waals surface area (Å²) in [6, 6.07) is 5.47. The lowest BCUT2D eigenvalue weighted by atomic mass is 10.1. The second-order valence-electron chi connectivity index (χ2n) is 4.50. The maximum Gasteiger partial charge on any atom is 0.319 e. The van der Waals surface area contributed by atoms with Crippen LogP contribution in [0.1, 0.15) is 17.3 Å². The monoisotopic (exact) mass is 294 g/mol. The quantitative estimate of drug-likeness (QED) is 0.822. The Morgan fingerprint density at radius 2 is 2.05 bits per heavy atom. The summed E-state index contributed by atoms with van der Waals surface area (Å²) < 4.78 is 22.4. The van der Waals surface area contributed by atoms with Gasteiger partial charge < -0.3 is 10.6 Å². The minimum atomic E-state index is -3.20. The molecule has 0 aromatic heterocycles. The fourth-order valence-electron chi connectivity index (χ4n) is 1.82. The van der Waals surface area contributed by atoms with E-state index in [1.54, 1.807) is 24.3 Å². The molecule has 106 valence electrons. The molecule has 20 heavy (non-hydrogen) atoms. The van der Waals surface area contributed by atoms with Crippen molar-refractivity contribution in [2.45, 2.75) is 13.0 Å². The van der Waals surface area contributed by atoms with Crippen molar-refractivity contribution in [1.29, 1.82) is 0 Å². The fraction of sp³-hybridized carbons (Fsp3) is 0.231. The first kappa shape index (κ1) is 14.3. The maximum absolute atomic E-state index is 11.7. The summed E-state index contributed by atoms with van der Waals surface area (Å²) in [4.78, 5) is 23.0. The van der Waals surface area contributed by atoms with E-state index in [-0.39, 0.29) is 11.5 Å². The van der Waals surface area contributed by atoms with Gasteiger partial charge in [-0.1, -0.05) is 12.1 Å². The van der Waals surface area contributed by atoms with Crippen LogP contribution in [-0.2, 0) is 9.84 Å². The SMILES string of the molecule is CC(=O)c1cccc(NC(=O)NC2C=CS(=O)(=O)C2)c1. The van der Waals surface area contributed by atoms with Gasteiger partial charge in [-0.05, 0) is 25.1 Å². The molecule has 2 N–H and O–H groups in total. The number of ketones is 1. The van der Waals surface area contributed by atoms with Gasteiger partial charge in [0.15, 0.2) is 15.6 Å². The van der Waals surface area contributed by atoms with Gasteiger partial charge in [0, 0.05) is 16.7 Å². The summed E-state index contributed by atoms with van der Waals surface area (Å²) in [5.41, 5.74) is 0.964. The second kappa shape index (κ2) is 5.46. The highest BCUT2D eigenvalue weighted by molar-refractivity contribution is 7.94. The van der Waals surface area contributed by atoms with Crippen molar-refractivity contribution in [1.82, 2.24) is 5.32 Å². The van der Waals surface area contributed by atoms with Crippen molar-refractivity contribution >= 4 is 27.3 Å². The van der Waals surface area contributed by atoms with Crippen molar-refractivity contribution in [3.63, 3.8) is 0 Å². The minimum Gasteiger partial charge on any atom is -0.331 e. The largest absolute Gasteiger partial charge is 0.331 e. The smallest absolute Gasteiger partial charge is 0.319 e. The molecule has 1 unspecified atom stereocenters. The molecule has 7 heteroatoms. The van der Waals surface area contributed by atoms with Gasteiger partial charge >= 0.3 is 6.03 Å². The predicted octanol–water partition coefficient (Wildman–Crippen LogP) is 1.32. The summed E-state index contributed by atoms with van der Waals surface area (Å²) in [7, 11) is -3.20. The minimum absolute atomic E-state index is 0.0983. The highest BCUT2D eigenvalue weighted by Gasteiger charge is 2.22. The molecule has 1 aromatic rings. The van der Waals surface area contributed by atoms with Crippen LogP contribution < -0.4 is 10.6 Å². The first-order valence-corrected chi connectivity index (χ1v) is 7.67. The van der Waals surface area contributed by atoms with Gasteiger partial charge in [0.05, 0.1) is 11.8 Å². The summed E-state index contributed by atoms with van der Waals surface area (Å²) in [6.45, 7) is 1.44. The van der Waals surface area contributed by atoms with Gasteiger partial charge in [-0.3, -0.25) is 4.79 Å². The van der Waals surface area contributed by atoms with E-state index in [1.807, 2.05) is 0 Å². The molecule has 1 aromatic carbocycles. The molecule has 1 aliphatic heterocycles. The van der Waals surface area contributed by atoms with Crippen LogP contribution in [0, 0.1) is 0 Å². The van der Waals surface area contributed by atoms with Crippen LogP contribution in [0.25, 0.3) is 0 Å². The van der Waals surface area contributed by atoms with E-state index in [0.29, 0.717) is 11.3 Å². The van der Waals surface area contributed by atoms with Crippen LogP contribution in [0.15, 0.2) is 35.7 Å². The van der Waals surface area contributed by atoms with E-state index in [2.05, 4.69) is 10.6 Å². The molecule has 0 aliphatic carbocycles. The van der Waals surface area contributed by atoms with E-state index in [4.69, 9.17) is 0 Å². The van der Waals surface area contributed by atoms with Crippen molar-refractivity contribution in [3.8, 4) is 0 Å². The Bertz CT molecular complexity index is 679. The lowest BCUT2D eigenvalue weighted by molar-refractivity contribution is 0.101. The third-order valence-electron chi connectivity index (χ3n) is 2.77. The molecular weight excluding hydrogens is 280 g/mol. The Morgan fingerprint density at radius 1 is 1.30 bits per heavy atom. The Hall–Kier alpha value is -2.15. The Kier molecular flexibility index (Phi) is 3.89. The van der Waals surface area contributed by atoms with Gasteiger partial charge in [0.2, 0.25) is 0 Å². The topological polar surface area (TPSA) is 92.3 Å². The third-order valence-corrected chi connectivity index (χ3v) is 4.17. The number of rotatable bonds is 3. The summed E-state index contributed by atoms with van der Waals surface area (Å²) in [6.07, 6.45) is 1.43. The average Bonchev–Trinajstić information content (AvgIpc) is 2.68. The normalized spacial score (nSPS) is 19.6. The zero-order valence-corrected chi connectivity index (χ0v) is 11.6. The van der Waals surface area contributed by atoms with Crippen LogP contribution in [-0.4, -0.2) is 32.0 Å². The van der Waals surface area contributed by atoms with Crippen molar-refractivity contribution in [2.24, 2.45) is 0 Å². The molecule has 6 nitrogen and oxygen atoms in total. The number of sulfone groups is 1. The van der Waals surface area contributed by atoms with Gasteiger partial charge in [0.25, 0.3) is 0 Å². The van der Waals surface area contributed by atoms with E-state index in [1.165, 1.54) is 13.0 Å². The van der Waals surface area contributed by atoms with Crippen molar-refractivity contribution in [2.75, 3.05) is 11.1 Å². The highest BCUT2D eigenvalue weighted by atomic mass is 32.2. The molecule has 0 radical (unpaired) electrons. The molecule has 0 saturated heterocycles. The molecule has 0 saturated carbocycles. The van der Waals surface area contributed by atoms with Crippen molar-refractivity contribution < 1.29 is 18.0 Å². The number of hydrogen-bond donors (Lipinski definition) is 2. The molecule has 2 rings (SSSR count). The van der Waals surface area contributed by atoms with Crippen molar-refractivity contribution in [3.05, 3.63) is 41.3 Å². The standard InChI is InChI=1S/C13H14N2O4S/c1-9(16)10-3-2-4-11(7-10)14-13(17)15-12-5-6-20(18,19)8-12/h2-7,12H,8H2,1H3,(H2,14,15,17). The summed E-state index contributed by atoms with van der Waals surface area (Å²) in [5.74, 6) is -0.229. The molecule has 0 bridgehead atoms. The molecule has 0 spiro atoms. The number of benzene rings is 1. The lowest BCUT2D eigenvalue weighted by Gasteiger charge is -2.11. The second-order valence-corrected chi connectivity index (χ2v) is 6.43. The van der Waals surface area contributed by atoms with Crippen LogP contribution in [0.3, 0.4) is 0 Å². The van der Waals surface area contributed by atoms with Gasteiger partial charge in [-0.2, -0.15) is 0 Å². The van der Waals surface area contributed by atoms with E-state index in [9.17, 15) is 18.0 Å².